The number of aliphatic hydroxyl groups excluding tert-OH is 4. The molecule has 200 valence electrons. The number of ether oxygens (including phenoxy) is 1. The summed E-state index contributed by atoms with van der Waals surface area (Å²) in [6.07, 6.45) is 7.41. The fourth-order valence-electron chi connectivity index (χ4n) is 7.03. The standard InChI is InChI=1S/C28H40O8/c1-7-9-11-13-16(29)18-20-21(28(6)22(31)15(3)24(33)36-28)19(17(30)14-12-10-8-2)26(4,23(18)32)25(34)27(20,5)35/h7-16,18-24,29,31-33,35H,1-6H3. The normalized spacial score (nSPS) is 48.2. The molecule has 4 rings (SSSR count). The third-order valence-corrected chi connectivity index (χ3v) is 8.83. The van der Waals surface area contributed by atoms with Crippen LogP contribution in [0.25, 0.3) is 0 Å². The molecule has 0 radical (unpaired) electrons. The van der Waals surface area contributed by atoms with E-state index in [4.69, 9.17) is 4.74 Å². The summed E-state index contributed by atoms with van der Waals surface area (Å²) in [5, 5.41) is 56.1. The van der Waals surface area contributed by atoms with Crippen molar-refractivity contribution >= 4 is 11.6 Å². The van der Waals surface area contributed by atoms with Gasteiger partial charge in [0, 0.05) is 29.6 Å². The average Bonchev–Trinajstić information content (AvgIpc) is 3.01. The molecule has 36 heavy (non-hydrogen) atoms. The molecule has 4 fully saturated rings. The van der Waals surface area contributed by atoms with Gasteiger partial charge in [-0.25, -0.2) is 0 Å². The molecule has 0 aromatic carbocycles. The first-order valence-electron chi connectivity index (χ1n) is 12.5. The molecule has 4 aliphatic rings. The Morgan fingerprint density at radius 2 is 1.56 bits per heavy atom. The molecule has 0 amide bonds. The maximum atomic E-state index is 13.7. The predicted octanol–water partition coefficient (Wildman–Crippen LogP) is 1.46. The topological polar surface area (TPSA) is 145 Å². The van der Waals surface area contributed by atoms with Gasteiger partial charge >= 0.3 is 0 Å². The van der Waals surface area contributed by atoms with Gasteiger partial charge in [-0.3, -0.25) is 9.59 Å². The van der Waals surface area contributed by atoms with Gasteiger partial charge in [-0.1, -0.05) is 49.5 Å². The van der Waals surface area contributed by atoms with Crippen molar-refractivity contribution in [2.24, 2.45) is 35.0 Å². The van der Waals surface area contributed by atoms with E-state index in [9.17, 15) is 35.1 Å². The molecule has 5 N–H and O–H groups in total. The number of hydrogen-bond donors (Lipinski definition) is 5. The van der Waals surface area contributed by atoms with Crippen LogP contribution in [0, 0.1) is 35.0 Å². The van der Waals surface area contributed by atoms with Crippen LogP contribution in [0.2, 0.25) is 0 Å². The number of aliphatic hydroxyl groups is 5. The molecule has 0 aromatic heterocycles. The number of carbonyl (C=O) groups excluding carboxylic acids is 2. The highest BCUT2D eigenvalue weighted by molar-refractivity contribution is 6.03. The van der Waals surface area contributed by atoms with E-state index in [1.165, 1.54) is 32.1 Å². The molecule has 1 aliphatic heterocycles. The van der Waals surface area contributed by atoms with Crippen LogP contribution in [0.4, 0.5) is 0 Å². The Labute approximate surface area is 212 Å². The molecule has 1 heterocycles. The fraction of sp³-hybridized carbons (Fsp3) is 0.643. The highest BCUT2D eigenvalue weighted by atomic mass is 16.6. The second kappa shape index (κ2) is 10.1. The Morgan fingerprint density at radius 1 is 0.972 bits per heavy atom. The summed E-state index contributed by atoms with van der Waals surface area (Å²) in [6.45, 7) is 9.51. The Bertz CT molecular complexity index is 980. The van der Waals surface area contributed by atoms with Crippen LogP contribution in [0.5, 0.6) is 0 Å². The summed E-state index contributed by atoms with van der Waals surface area (Å²) in [4.78, 5) is 27.4. The maximum Gasteiger partial charge on any atom is 0.173 e. The van der Waals surface area contributed by atoms with Crippen molar-refractivity contribution in [3.63, 3.8) is 0 Å². The van der Waals surface area contributed by atoms with E-state index in [0.29, 0.717) is 0 Å². The van der Waals surface area contributed by atoms with Crippen LogP contribution in [-0.2, 0) is 14.3 Å². The zero-order valence-corrected chi connectivity index (χ0v) is 21.8. The second-order valence-corrected chi connectivity index (χ2v) is 11.0. The Morgan fingerprint density at radius 3 is 2.08 bits per heavy atom. The lowest BCUT2D eigenvalue weighted by molar-refractivity contribution is -0.281. The smallest absolute Gasteiger partial charge is 0.173 e. The van der Waals surface area contributed by atoms with Crippen LogP contribution in [0.1, 0.15) is 41.5 Å². The van der Waals surface area contributed by atoms with Gasteiger partial charge in [0.2, 0.25) is 0 Å². The molecule has 0 spiro atoms. The van der Waals surface area contributed by atoms with E-state index in [1.54, 1.807) is 58.1 Å². The van der Waals surface area contributed by atoms with Crippen molar-refractivity contribution in [2.45, 2.75) is 77.3 Å². The minimum atomic E-state index is -2.05. The first-order valence-corrected chi connectivity index (χ1v) is 12.5. The van der Waals surface area contributed by atoms with E-state index in [2.05, 4.69) is 0 Å². The van der Waals surface area contributed by atoms with Gasteiger partial charge in [0.15, 0.2) is 17.9 Å². The van der Waals surface area contributed by atoms with Crippen molar-refractivity contribution in [1.29, 1.82) is 0 Å². The fourth-order valence-corrected chi connectivity index (χ4v) is 7.03. The largest absolute Gasteiger partial charge is 0.392 e. The lowest BCUT2D eigenvalue weighted by Gasteiger charge is -2.66. The molecular weight excluding hydrogens is 464 g/mol. The lowest BCUT2D eigenvalue weighted by Crippen LogP contribution is -2.79. The quantitative estimate of drug-likeness (QED) is 0.259. The third kappa shape index (κ3) is 4.08. The molecule has 1 saturated heterocycles. The van der Waals surface area contributed by atoms with Gasteiger partial charge in [0.1, 0.15) is 5.60 Å². The lowest BCUT2D eigenvalue weighted by atomic mass is 9.38. The van der Waals surface area contributed by atoms with E-state index >= 15 is 0 Å². The van der Waals surface area contributed by atoms with Crippen LogP contribution in [0.15, 0.2) is 48.6 Å². The van der Waals surface area contributed by atoms with Crippen molar-refractivity contribution in [1.82, 2.24) is 0 Å². The summed E-state index contributed by atoms with van der Waals surface area (Å²) in [7, 11) is 0. The molecule has 12 unspecified atom stereocenters. The SMILES string of the molecule is CC=CC=CC(=O)C1C(C2(C)OC(O)C(C)C2O)C2C(C(O)C=CC=CC)C(O)C1(C)C(=O)C2(C)O. The Hall–Kier alpha value is -1.94. The number of ketones is 2. The highest BCUT2D eigenvalue weighted by Gasteiger charge is 2.78. The summed E-state index contributed by atoms with van der Waals surface area (Å²) in [5.74, 6) is -6.32. The van der Waals surface area contributed by atoms with Gasteiger partial charge in [-0.05, 0) is 40.7 Å². The van der Waals surface area contributed by atoms with Gasteiger partial charge in [0.25, 0.3) is 0 Å². The maximum absolute atomic E-state index is 13.7. The van der Waals surface area contributed by atoms with Crippen molar-refractivity contribution < 1.29 is 39.9 Å². The average molecular weight is 505 g/mol. The molecule has 12 atom stereocenters. The number of hydrogen-bond acceptors (Lipinski definition) is 8. The van der Waals surface area contributed by atoms with Crippen molar-refractivity contribution in [2.75, 3.05) is 0 Å². The number of carbonyl (C=O) groups is 2. The number of rotatable bonds is 7. The zero-order chi connectivity index (χ0) is 27.2. The zero-order valence-electron chi connectivity index (χ0n) is 21.8. The van der Waals surface area contributed by atoms with Gasteiger partial charge in [-0.2, -0.15) is 0 Å². The van der Waals surface area contributed by atoms with Crippen LogP contribution < -0.4 is 0 Å². The third-order valence-electron chi connectivity index (χ3n) is 8.83. The molecule has 2 bridgehead atoms. The Kier molecular flexibility index (Phi) is 8.02. The van der Waals surface area contributed by atoms with Gasteiger partial charge < -0.3 is 30.3 Å². The molecule has 3 aliphatic carbocycles. The molecule has 3 saturated carbocycles. The number of allylic oxidation sites excluding steroid dienone is 7. The summed E-state index contributed by atoms with van der Waals surface area (Å²) >= 11 is 0. The predicted molar refractivity (Wildman–Crippen MR) is 133 cm³/mol. The molecule has 8 nitrogen and oxygen atoms in total. The highest BCUT2D eigenvalue weighted by Crippen LogP contribution is 2.65. The molecular formula is C28H40O8. The monoisotopic (exact) mass is 504 g/mol. The second-order valence-electron chi connectivity index (χ2n) is 11.0. The minimum absolute atomic E-state index is 0.475. The van der Waals surface area contributed by atoms with Crippen LogP contribution in [-0.4, -0.2) is 72.9 Å². The van der Waals surface area contributed by atoms with Crippen molar-refractivity contribution in [3.05, 3.63) is 48.6 Å². The van der Waals surface area contributed by atoms with Gasteiger partial charge in [0.05, 0.1) is 29.3 Å². The molecule has 0 aromatic rings. The first kappa shape index (κ1) is 28.6. The van der Waals surface area contributed by atoms with Crippen LogP contribution in [0.3, 0.4) is 0 Å². The van der Waals surface area contributed by atoms with E-state index in [0.717, 1.165) is 0 Å². The van der Waals surface area contributed by atoms with E-state index in [-0.39, 0.29) is 0 Å². The summed E-state index contributed by atoms with van der Waals surface area (Å²) < 4.78 is 5.91. The van der Waals surface area contributed by atoms with Crippen molar-refractivity contribution in [3.8, 4) is 0 Å². The minimum Gasteiger partial charge on any atom is -0.392 e. The first-order chi connectivity index (χ1) is 16.7. The van der Waals surface area contributed by atoms with Gasteiger partial charge in [-0.15, -0.1) is 0 Å². The Balaban J connectivity index is 2.29. The van der Waals surface area contributed by atoms with E-state index < -0.39 is 82.4 Å². The number of fused-ring (bicyclic) bond motifs is 3. The molecule has 8 heteroatoms. The summed E-state index contributed by atoms with van der Waals surface area (Å²) in [5.41, 5.74) is -5.41. The number of Topliss-reactive ketones (excluding diaryl/α,β-unsaturated/α-hetero) is 1. The van der Waals surface area contributed by atoms with E-state index in [1.807, 2.05) is 0 Å². The summed E-state index contributed by atoms with van der Waals surface area (Å²) in [6, 6.07) is 0. The van der Waals surface area contributed by atoms with Crippen LogP contribution >= 0.6 is 0 Å².